The molecule has 26 heavy (non-hydrogen) atoms. The summed E-state index contributed by atoms with van der Waals surface area (Å²) in [6, 6.07) is 5.03. The number of aliphatic hydroxyl groups excluding tert-OH is 1. The molecule has 2 unspecified atom stereocenters. The number of carbonyl (C=O) groups is 1. The van der Waals surface area contributed by atoms with Crippen molar-refractivity contribution in [2.24, 2.45) is 5.92 Å². The average molecular weight is 358 g/mol. The van der Waals surface area contributed by atoms with Crippen LogP contribution in [0.1, 0.15) is 33.7 Å². The summed E-state index contributed by atoms with van der Waals surface area (Å²) in [6.07, 6.45) is 2.06. The lowest BCUT2D eigenvalue weighted by Crippen LogP contribution is -2.35. The molecule has 4 rings (SSSR count). The van der Waals surface area contributed by atoms with Gasteiger partial charge in [-0.05, 0) is 43.9 Å². The SMILES string of the molecule is Cc1ccc(-n2nc(C(=O)NCC3CNCC3O)c3c2CCC3)c(F)c1. The van der Waals surface area contributed by atoms with Crippen LogP contribution in [-0.2, 0) is 12.8 Å². The molecule has 0 saturated carbocycles. The lowest BCUT2D eigenvalue weighted by molar-refractivity contribution is 0.0921. The van der Waals surface area contributed by atoms with Gasteiger partial charge in [0.25, 0.3) is 5.91 Å². The van der Waals surface area contributed by atoms with Gasteiger partial charge in [-0.2, -0.15) is 5.10 Å². The van der Waals surface area contributed by atoms with E-state index in [2.05, 4.69) is 15.7 Å². The molecule has 0 spiro atoms. The molecule has 6 nitrogen and oxygen atoms in total. The van der Waals surface area contributed by atoms with Crippen LogP contribution in [-0.4, -0.2) is 46.5 Å². The summed E-state index contributed by atoms with van der Waals surface area (Å²) in [6.45, 7) is 3.47. The number of carbonyl (C=O) groups excluding carboxylic acids is 1. The smallest absolute Gasteiger partial charge is 0.272 e. The van der Waals surface area contributed by atoms with Gasteiger partial charge in [0.2, 0.25) is 0 Å². The van der Waals surface area contributed by atoms with Crippen LogP contribution in [0.5, 0.6) is 0 Å². The molecule has 0 radical (unpaired) electrons. The number of hydrogen-bond acceptors (Lipinski definition) is 4. The first-order chi connectivity index (χ1) is 12.5. The zero-order valence-electron chi connectivity index (χ0n) is 14.8. The van der Waals surface area contributed by atoms with Gasteiger partial charge in [-0.15, -0.1) is 0 Å². The van der Waals surface area contributed by atoms with Gasteiger partial charge in [-0.25, -0.2) is 9.07 Å². The maximum Gasteiger partial charge on any atom is 0.272 e. The molecule has 2 heterocycles. The monoisotopic (exact) mass is 358 g/mol. The zero-order valence-corrected chi connectivity index (χ0v) is 14.8. The highest BCUT2D eigenvalue weighted by atomic mass is 19.1. The molecule has 1 aliphatic heterocycles. The number of aliphatic hydroxyl groups is 1. The Hall–Kier alpha value is -2.25. The largest absolute Gasteiger partial charge is 0.391 e. The van der Waals surface area contributed by atoms with Crippen LogP contribution in [0.2, 0.25) is 0 Å². The number of benzene rings is 1. The summed E-state index contributed by atoms with van der Waals surface area (Å²) in [5.41, 5.74) is 3.42. The first-order valence-corrected chi connectivity index (χ1v) is 9.09. The molecule has 1 aromatic heterocycles. The van der Waals surface area contributed by atoms with E-state index in [1.54, 1.807) is 10.7 Å². The Bertz CT molecular complexity index is 848. The summed E-state index contributed by atoms with van der Waals surface area (Å²) >= 11 is 0. The summed E-state index contributed by atoms with van der Waals surface area (Å²) in [5, 5.41) is 20.3. The molecule has 1 amide bonds. The average Bonchev–Trinajstić information content (AvgIpc) is 3.30. The molecule has 1 aromatic carbocycles. The van der Waals surface area contributed by atoms with E-state index in [9.17, 15) is 14.3 Å². The maximum atomic E-state index is 14.4. The number of nitrogens with one attached hydrogen (secondary N) is 2. The van der Waals surface area contributed by atoms with Crippen molar-refractivity contribution < 1.29 is 14.3 Å². The fourth-order valence-corrected chi connectivity index (χ4v) is 3.84. The number of amides is 1. The molecule has 2 aliphatic rings. The van der Waals surface area contributed by atoms with Crippen molar-refractivity contribution in [3.8, 4) is 5.69 Å². The normalized spacial score (nSPS) is 21.8. The fourth-order valence-electron chi connectivity index (χ4n) is 3.84. The highest BCUT2D eigenvalue weighted by molar-refractivity contribution is 5.94. The quantitative estimate of drug-likeness (QED) is 0.765. The maximum absolute atomic E-state index is 14.4. The summed E-state index contributed by atoms with van der Waals surface area (Å²) < 4.78 is 16.0. The third kappa shape index (κ3) is 3.01. The molecule has 2 aromatic rings. The molecule has 7 heteroatoms. The molecule has 138 valence electrons. The van der Waals surface area contributed by atoms with Crippen molar-refractivity contribution in [2.45, 2.75) is 32.3 Å². The minimum Gasteiger partial charge on any atom is -0.391 e. The van der Waals surface area contributed by atoms with Crippen LogP contribution in [0.25, 0.3) is 5.69 Å². The van der Waals surface area contributed by atoms with Crippen molar-refractivity contribution in [1.29, 1.82) is 0 Å². The molecule has 1 fully saturated rings. The van der Waals surface area contributed by atoms with E-state index in [1.165, 1.54) is 6.07 Å². The van der Waals surface area contributed by atoms with Gasteiger partial charge in [0.1, 0.15) is 11.5 Å². The minimum atomic E-state index is -0.444. The van der Waals surface area contributed by atoms with Crippen LogP contribution in [0, 0.1) is 18.7 Å². The molecule has 2 atom stereocenters. The first-order valence-electron chi connectivity index (χ1n) is 9.09. The van der Waals surface area contributed by atoms with Gasteiger partial charge < -0.3 is 15.7 Å². The van der Waals surface area contributed by atoms with Gasteiger partial charge >= 0.3 is 0 Å². The van der Waals surface area contributed by atoms with Crippen LogP contribution in [0.3, 0.4) is 0 Å². The van der Waals surface area contributed by atoms with Gasteiger partial charge in [-0.3, -0.25) is 4.79 Å². The molecular weight excluding hydrogens is 335 g/mol. The van der Waals surface area contributed by atoms with E-state index in [0.29, 0.717) is 31.0 Å². The van der Waals surface area contributed by atoms with E-state index < -0.39 is 6.10 Å². The Labute approximate surface area is 151 Å². The highest BCUT2D eigenvalue weighted by Crippen LogP contribution is 2.29. The Morgan fingerprint density at radius 1 is 1.42 bits per heavy atom. The predicted octanol–water partition coefficient (Wildman–Crippen LogP) is 1.12. The number of halogens is 1. The van der Waals surface area contributed by atoms with E-state index in [4.69, 9.17) is 0 Å². The number of hydrogen-bond donors (Lipinski definition) is 3. The Balaban J connectivity index is 1.60. The zero-order chi connectivity index (χ0) is 18.3. The number of rotatable bonds is 4. The number of fused-ring (bicyclic) bond motifs is 1. The lowest BCUT2D eigenvalue weighted by atomic mass is 10.1. The molecule has 0 bridgehead atoms. The third-order valence-corrected chi connectivity index (χ3v) is 5.31. The Morgan fingerprint density at radius 2 is 2.27 bits per heavy atom. The number of nitrogens with zero attached hydrogens (tertiary/aromatic N) is 2. The van der Waals surface area contributed by atoms with Crippen molar-refractivity contribution in [2.75, 3.05) is 19.6 Å². The third-order valence-electron chi connectivity index (χ3n) is 5.31. The Kier molecular flexibility index (Phi) is 4.50. The first kappa shape index (κ1) is 17.2. The fraction of sp³-hybridized carbons (Fsp3) is 0.474. The minimum absolute atomic E-state index is 0.00336. The summed E-state index contributed by atoms with van der Waals surface area (Å²) in [4.78, 5) is 12.7. The highest BCUT2D eigenvalue weighted by Gasteiger charge is 2.29. The Morgan fingerprint density at radius 3 is 3.00 bits per heavy atom. The second-order valence-electron chi connectivity index (χ2n) is 7.19. The van der Waals surface area contributed by atoms with Crippen LogP contribution in [0.4, 0.5) is 4.39 Å². The lowest BCUT2D eigenvalue weighted by Gasteiger charge is -2.13. The topological polar surface area (TPSA) is 79.2 Å². The molecular formula is C19H23FN4O2. The van der Waals surface area contributed by atoms with E-state index in [1.807, 2.05) is 13.0 Å². The van der Waals surface area contributed by atoms with Crippen molar-refractivity contribution in [3.63, 3.8) is 0 Å². The van der Waals surface area contributed by atoms with Gasteiger partial charge in [0.05, 0.1) is 6.10 Å². The van der Waals surface area contributed by atoms with Crippen LogP contribution >= 0.6 is 0 Å². The molecule has 1 aliphatic carbocycles. The molecule has 1 saturated heterocycles. The number of aryl methyl sites for hydroxylation is 1. The van der Waals surface area contributed by atoms with Gasteiger partial charge in [0.15, 0.2) is 5.69 Å². The second-order valence-corrected chi connectivity index (χ2v) is 7.19. The number of β-amino-alcohol motifs (C(OH)–C–C–N with tert-alkyl or cyclic N) is 1. The van der Waals surface area contributed by atoms with Gasteiger partial charge in [-0.1, -0.05) is 6.07 Å². The van der Waals surface area contributed by atoms with Crippen molar-refractivity contribution in [3.05, 3.63) is 46.5 Å². The van der Waals surface area contributed by atoms with Crippen LogP contribution < -0.4 is 10.6 Å². The van der Waals surface area contributed by atoms with E-state index >= 15 is 0 Å². The predicted molar refractivity (Wildman–Crippen MR) is 95.0 cm³/mol. The van der Waals surface area contributed by atoms with E-state index in [-0.39, 0.29) is 17.6 Å². The second kappa shape index (κ2) is 6.81. The number of aromatic nitrogens is 2. The van der Waals surface area contributed by atoms with E-state index in [0.717, 1.165) is 36.1 Å². The van der Waals surface area contributed by atoms with Crippen LogP contribution in [0.15, 0.2) is 18.2 Å². The molecule has 3 N–H and O–H groups in total. The summed E-state index contributed by atoms with van der Waals surface area (Å²) in [5.74, 6) is -0.591. The summed E-state index contributed by atoms with van der Waals surface area (Å²) in [7, 11) is 0. The van der Waals surface area contributed by atoms with Crippen molar-refractivity contribution in [1.82, 2.24) is 20.4 Å². The van der Waals surface area contributed by atoms with Crippen molar-refractivity contribution >= 4 is 5.91 Å². The standard InChI is InChI=1S/C19H23FN4O2/c1-11-5-6-16(14(20)7-11)24-15-4-2-3-13(15)18(23-24)19(26)22-9-12-8-21-10-17(12)25/h5-7,12,17,21,25H,2-4,8-10H2,1H3,(H,22,26). The van der Waals surface area contributed by atoms with Gasteiger partial charge in [0, 0.05) is 36.8 Å².